The van der Waals surface area contributed by atoms with Gasteiger partial charge in [0.15, 0.2) is 0 Å². The molecular formula is C10H9N3O. The summed E-state index contributed by atoms with van der Waals surface area (Å²) in [7, 11) is 0. The van der Waals surface area contributed by atoms with Gasteiger partial charge in [-0.1, -0.05) is 6.92 Å². The van der Waals surface area contributed by atoms with Gasteiger partial charge in [0.05, 0.1) is 18.2 Å². The number of aromatic nitrogens is 2. The summed E-state index contributed by atoms with van der Waals surface area (Å²) in [6.45, 7) is 1.98. The number of rotatable bonds is 2. The van der Waals surface area contributed by atoms with Gasteiger partial charge >= 0.3 is 0 Å². The summed E-state index contributed by atoms with van der Waals surface area (Å²) in [5.41, 5.74) is 2.97. The van der Waals surface area contributed by atoms with Crippen molar-refractivity contribution in [3.05, 3.63) is 29.9 Å². The van der Waals surface area contributed by atoms with Crippen LogP contribution in [-0.2, 0) is 6.42 Å². The van der Waals surface area contributed by atoms with Crippen molar-refractivity contribution in [2.45, 2.75) is 13.3 Å². The van der Waals surface area contributed by atoms with E-state index >= 15 is 0 Å². The van der Waals surface area contributed by atoms with E-state index < -0.39 is 0 Å². The first-order valence-electron chi connectivity index (χ1n) is 4.36. The second-order valence-corrected chi connectivity index (χ2v) is 2.90. The number of furan rings is 1. The number of nitrogens with one attached hydrogen (secondary N) is 1. The molecule has 0 aromatic carbocycles. The van der Waals surface area contributed by atoms with E-state index in [4.69, 9.17) is 9.68 Å². The van der Waals surface area contributed by atoms with Crippen molar-refractivity contribution >= 4 is 0 Å². The summed E-state index contributed by atoms with van der Waals surface area (Å²) < 4.78 is 4.95. The average molecular weight is 187 g/mol. The van der Waals surface area contributed by atoms with Gasteiger partial charge in [0.2, 0.25) is 0 Å². The lowest BCUT2D eigenvalue weighted by Gasteiger charge is -1.90. The van der Waals surface area contributed by atoms with Crippen molar-refractivity contribution in [3.8, 4) is 17.3 Å². The monoisotopic (exact) mass is 187 g/mol. The number of aromatic amines is 1. The van der Waals surface area contributed by atoms with Crippen molar-refractivity contribution in [2.75, 3.05) is 0 Å². The Labute approximate surface area is 81.2 Å². The maximum Gasteiger partial charge on any atom is 0.113 e. The van der Waals surface area contributed by atoms with Gasteiger partial charge in [-0.25, -0.2) is 0 Å². The van der Waals surface area contributed by atoms with Gasteiger partial charge in [0, 0.05) is 5.56 Å². The van der Waals surface area contributed by atoms with Gasteiger partial charge in [0.25, 0.3) is 0 Å². The third-order valence-electron chi connectivity index (χ3n) is 2.10. The molecule has 2 heterocycles. The first-order valence-corrected chi connectivity index (χ1v) is 4.36. The highest BCUT2D eigenvalue weighted by Crippen LogP contribution is 2.23. The first-order chi connectivity index (χ1) is 6.86. The van der Waals surface area contributed by atoms with Crippen LogP contribution in [0.3, 0.4) is 0 Å². The van der Waals surface area contributed by atoms with E-state index in [1.54, 1.807) is 18.6 Å². The molecule has 0 spiro atoms. The summed E-state index contributed by atoms with van der Waals surface area (Å²) in [4.78, 5) is 0. The van der Waals surface area contributed by atoms with E-state index in [1.165, 1.54) is 0 Å². The molecule has 14 heavy (non-hydrogen) atoms. The Balaban J connectivity index is 2.56. The van der Waals surface area contributed by atoms with Crippen LogP contribution in [-0.4, -0.2) is 10.2 Å². The lowest BCUT2D eigenvalue weighted by atomic mass is 10.1. The molecule has 0 aliphatic carbocycles. The van der Waals surface area contributed by atoms with Crippen molar-refractivity contribution in [1.29, 1.82) is 5.26 Å². The first kappa shape index (κ1) is 8.57. The number of hydrogen-bond acceptors (Lipinski definition) is 3. The topological polar surface area (TPSA) is 65.6 Å². The fourth-order valence-corrected chi connectivity index (χ4v) is 1.36. The van der Waals surface area contributed by atoms with Crippen LogP contribution in [0.4, 0.5) is 0 Å². The maximum absolute atomic E-state index is 8.98. The fraction of sp³-hybridized carbons (Fsp3) is 0.200. The molecule has 2 aromatic heterocycles. The minimum absolute atomic E-state index is 0.605. The van der Waals surface area contributed by atoms with Crippen LogP contribution < -0.4 is 0 Å². The quantitative estimate of drug-likeness (QED) is 0.782. The van der Waals surface area contributed by atoms with E-state index in [-0.39, 0.29) is 0 Å². The predicted molar refractivity (Wildman–Crippen MR) is 50.4 cm³/mol. The summed E-state index contributed by atoms with van der Waals surface area (Å²) >= 11 is 0. The van der Waals surface area contributed by atoms with Crippen LogP contribution in [0.25, 0.3) is 11.3 Å². The molecule has 0 saturated heterocycles. The molecule has 0 amide bonds. The molecule has 0 atom stereocenters. The van der Waals surface area contributed by atoms with Crippen molar-refractivity contribution in [2.24, 2.45) is 0 Å². The molecule has 1 N–H and O–H groups in total. The van der Waals surface area contributed by atoms with Gasteiger partial charge in [-0.15, -0.1) is 0 Å². The average Bonchev–Trinajstić information content (AvgIpc) is 2.85. The Morgan fingerprint density at radius 1 is 1.64 bits per heavy atom. The summed E-state index contributed by atoms with van der Waals surface area (Å²) in [6.07, 6.45) is 3.92. The molecule has 0 unspecified atom stereocenters. The Kier molecular flexibility index (Phi) is 2.07. The molecule has 0 aliphatic rings. The number of aryl methyl sites for hydroxylation is 1. The van der Waals surface area contributed by atoms with Crippen LogP contribution in [0.5, 0.6) is 0 Å². The Morgan fingerprint density at radius 2 is 2.50 bits per heavy atom. The molecule has 4 heteroatoms. The standard InChI is InChI=1S/C10H9N3O/c1-2-9-8(5-11)10(13-12-9)7-3-4-14-6-7/h3-4,6H,2H2,1H3,(H,12,13). The molecule has 2 aromatic rings. The third kappa shape index (κ3) is 1.19. The van der Waals surface area contributed by atoms with Crippen molar-refractivity contribution in [3.63, 3.8) is 0 Å². The number of nitrogens with zero attached hydrogens (tertiary/aromatic N) is 2. The summed E-state index contributed by atoms with van der Waals surface area (Å²) in [5, 5.41) is 15.9. The van der Waals surface area contributed by atoms with E-state index in [0.717, 1.165) is 17.7 Å². The molecule has 0 bridgehead atoms. The summed E-state index contributed by atoms with van der Waals surface area (Å²) in [5.74, 6) is 0. The maximum atomic E-state index is 8.98. The molecule has 70 valence electrons. The van der Waals surface area contributed by atoms with Crippen LogP contribution in [0.2, 0.25) is 0 Å². The molecule has 0 aliphatic heterocycles. The zero-order valence-electron chi connectivity index (χ0n) is 7.74. The van der Waals surface area contributed by atoms with Gasteiger partial charge in [-0.05, 0) is 12.5 Å². The number of nitriles is 1. The van der Waals surface area contributed by atoms with Crippen LogP contribution in [0.1, 0.15) is 18.2 Å². The predicted octanol–water partition coefficient (Wildman–Crippen LogP) is 2.10. The van der Waals surface area contributed by atoms with E-state index in [9.17, 15) is 0 Å². The summed E-state index contributed by atoms with van der Waals surface area (Å²) in [6, 6.07) is 3.94. The number of hydrogen-bond donors (Lipinski definition) is 1. The molecular weight excluding hydrogens is 178 g/mol. The third-order valence-corrected chi connectivity index (χ3v) is 2.10. The van der Waals surface area contributed by atoms with Crippen LogP contribution in [0.15, 0.2) is 23.0 Å². The highest BCUT2D eigenvalue weighted by atomic mass is 16.3. The normalized spacial score (nSPS) is 10.0. The second kappa shape index (κ2) is 3.38. The van der Waals surface area contributed by atoms with Crippen molar-refractivity contribution in [1.82, 2.24) is 10.2 Å². The molecule has 0 radical (unpaired) electrons. The second-order valence-electron chi connectivity index (χ2n) is 2.90. The minimum atomic E-state index is 0.605. The van der Waals surface area contributed by atoms with Gasteiger partial charge in [-0.3, -0.25) is 5.10 Å². The molecule has 0 saturated carbocycles. The van der Waals surface area contributed by atoms with Gasteiger partial charge in [-0.2, -0.15) is 10.4 Å². The van der Waals surface area contributed by atoms with E-state index in [2.05, 4.69) is 16.3 Å². The molecule has 2 rings (SSSR count). The Hall–Kier alpha value is -2.02. The highest BCUT2D eigenvalue weighted by Gasteiger charge is 2.13. The van der Waals surface area contributed by atoms with E-state index in [0.29, 0.717) is 11.3 Å². The zero-order chi connectivity index (χ0) is 9.97. The van der Waals surface area contributed by atoms with Crippen molar-refractivity contribution < 1.29 is 4.42 Å². The van der Waals surface area contributed by atoms with Gasteiger partial charge < -0.3 is 4.42 Å². The fourth-order valence-electron chi connectivity index (χ4n) is 1.36. The SMILES string of the molecule is CCc1[nH]nc(-c2ccoc2)c1C#N. The molecule has 4 nitrogen and oxygen atoms in total. The number of H-pyrrole nitrogens is 1. The smallest absolute Gasteiger partial charge is 0.113 e. The lowest BCUT2D eigenvalue weighted by molar-refractivity contribution is 0.568. The Morgan fingerprint density at radius 3 is 3.07 bits per heavy atom. The largest absolute Gasteiger partial charge is 0.472 e. The lowest BCUT2D eigenvalue weighted by Crippen LogP contribution is -1.84. The van der Waals surface area contributed by atoms with Gasteiger partial charge in [0.1, 0.15) is 17.3 Å². The van der Waals surface area contributed by atoms with E-state index in [1.807, 2.05) is 6.92 Å². The highest BCUT2D eigenvalue weighted by molar-refractivity contribution is 5.66. The van der Waals surface area contributed by atoms with Crippen LogP contribution in [0, 0.1) is 11.3 Å². The van der Waals surface area contributed by atoms with Crippen LogP contribution >= 0.6 is 0 Å². The zero-order valence-corrected chi connectivity index (χ0v) is 7.74. The minimum Gasteiger partial charge on any atom is -0.472 e. The Bertz CT molecular complexity index is 462. The molecule has 0 fully saturated rings.